The molecule has 0 spiro atoms. The third-order valence-corrected chi connectivity index (χ3v) is 3.41. The Hall–Kier alpha value is -1.52. The van der Waals surface area contributed by atoms with Gasteiger partial charge in [-0.05, 0) is 30.2 Å². The summed E-state index contributed by atoms with van der Waals surface area (Å²) in [5.41, 5.74) is 8.64. The van der Waals surface area contributed by atoms with Crippen LogP contribution >= 0.6 is 15.9 Å². The number of hydrogen-bond donors (Lipinski definition) is 3. The van der Waals surface area contributed by atoms with Crippen molar-refractivity contribution in [2.45, 2.75) is 12.5 Å². The van der Waals surface area contributed by atoms with E-state index in [1.165, 1.54) is 5.56 Å². The van der Waals surface area contributed by atoms with E-state index in [9.17, 15) is 5.11 Å². The topological polar surface area (TPSA) is 58.3 Å². The van der Waals surface area contributed by atoms with E-state index in [1.807, 2.05) is 36.4 Å². The van der Waals surface area contributed by atoms with Crippen LogP contribution in [0.1, 0.15) is 5.56 Å². The molecule has 1 unspecified atom stereocenters. The molecule has 4 heteroatoms. The lowest BCUT2D eigenvalue weighted by molar-refractivity contribution is 0.274. The smallest absolute Gasteiger partial charge is 0.0636 e. The van der Waals surface area contributed by atoms with Gasteiger partial charge in [-0.1, -0.05) is 46.3 Å². The fraction of sp³-hybridized carbons (Fsp3) is 0.200. The molecule has 0 aromatic heterocycles. The van der Waals surface area contributed by atoms with Crippen molar-refractivity contribution in [3.05, 3.63) is 58.6 Å². The van der Waals surface area contributed by atoms with E-state index in [0.29, 0.717) is 5.69 Å². The standard InChI is InChI=1S/C15H17BrN2O/c16-12-6-7-15(14(17)9-12)18-13(10-19)8-11-4-2-1-3-5-11/h1-7,9,13,18-19H,8,10,17H2. The molecule has 0 saturated heterocycles. The van der Waals surface area contributed by atoms with Gasteiger partial charge in [-0.2, -0.15) is 0 Å². The van der Waals surface area contributed by atoms with Gasteiger partial charge in [0.05, 0.1) is 24.0 Å². The van der Waals surface area contributed by atoms with Crippen LogP contribution in [0.4, 0.5) is 11.4 Å². The zero-order valence-corrected chi connectivity index (χ0v) is 12.1. The summed E-state index contributed by atoms with van der Waals surface area (Å²) >= 11 is 3.38. The molecule has 0 amide bonds. The Morgan fingerprint density at radius 1 is 1.16 bits per heavy atom. The number of aliphatic hydroxyl groups is 1. The summed E-state index contributed by atoms with van der Waals surface area (Å²) in [4.78, 5) is 0. The van der Waals surface area contributed by atoms with Gasteiger partial charge < -0.3 is 16.2 Å². The molecule has 0 aliphatic heterocycles. The maximum absolute atomic E-state index is 9.48. The molecule has 0 fully saturated rings. The summed E-state index contributed by atoms with van der Waals surface area (Å²) in [5, 5.41) is 12.8. The number of rotatable bonds is 5. The van der Waals surface area contributed by atoms with E-state index in [-0.39, 0.29) is 12.6 Å². The Morgan fingerprint density at radius 2 is 1.89 bits per heavy atom. The van der Waals surface area contributed by atoms with Crippen LogP contribution < -0.4 is 11.1 Å². The average Bonchev–Trinajstić information content (AvgIpc) is 2.42. The predicted octanol–water partition coefficient (Wildman–Crippen LogP) is 3.05. The summed E-state index contributed by atoms with van der Waals surface area (Å²) in [5.74, 6) is 0. The van der Waals surface area contributed by atoms with E-state index >= 15 is 0 Å². The average molecular weight is 321 g/mol. The molecule has 2 aromatic carbocycles. The van der Waals surface area contributed by atoms with Gasteiger partial charge in [0.1, 0.15) is 0 Å². The lowest BCUT2D eigenvalue weighted by Gasteiger charge is -2.19. The van der Waals surface area contributed by atoms with Gasteiger partial charge in [-0.3, -0.25) is 0 Å². The number of nitrogens with two attached hydrogens (primary N) is 1. The molecule has 0 radical (unpaired) electrons. The van der Waals surface area contributed by atoms with Crippen molar-refractivity contribution in [1.29, 1.82) is 0 Å². The molecule has 0 aliphatic rings. The first-order chi connectivity index (χ1) is 9.19. The van der Waals surface area contributed by atoms with Crippen LogP contribution in [0.2, 0.25) is 0 Å². The highest BCUT2D eigenvalue weighted by atomic mass is 79.9. The molecule has 0 saturated carbocycles. The number of nitrogen functional groups attached to an aromatic ring is 1. The van der Waals surface area contributed by atoms with Crippen LogP contribution in [0, 0.1) is 0 Å². The number of hydrogen-bond acceptors (Lipinski definition) is 3. The third-order valence-electron chi connectivity index (χ3n) is 2.92. The van der Waals surface area contributed by atoms with Crippen LogP contribution in [0.15, 0.2) is 53.0 Å². The highest BCUT2D eigenvalue weighted by Crippen LogP contribution is 2.24. The van der Waals surface area contributed by atoms with Crippen LogP contribution in [0.25, 0.3) is 0 Å². The maximum Gasteiger partial charge on any atom is 0.0636 e. The molecular weight excluding hydrogens is 304 g/mol. The predicted molar refractivity (Wildman–Crippen MR) is 83.2 cm³/mol. The summed E-state index contributed by atoms with van der Waals surface area (Å²) in [7, 11) is 0. The molecule has 0 aliphatic carbocycles. The van der Waals surface area contributed by atoms with Crippen LogP contribution in [0.3, 0.4) is 0 Å². The molecule has 0 heterocycles. The molecule has 100 valence electrons. The van der Waals surface area contributed by atoms with Crippen molar-refractivity contribution in [3.63, 3.8) is 0 Å². The largest absolute Gasteiger partial charge is 0.397 e. The fourth-order valence-electron chi connectivity index (χ4n) is 1.94. The Labute approximate surface area is 121 Å². The lowest BCUT2D eigenvalue weighted by Crippen LogP contribution is -2.26. The lowest BCUT2D eigenvalue weighted by atomic mass is 10.1. The van der Waals surface area contributed by atoms with E-state index in [1.54, 1.807) is 0 Å². The number of halogens is 1. The SMILES string of the molecule is Nc1cc(Br)ccc1NC(CO)Cc1ccccc1. The van der Waals surface area contributed by atoms with Crippen LogP contribution in [-0.2, 0) is 6.42 Å². The molecule has 2 rings (SSSR count). The Bertz CT molecular complexity index is 531. The van der Waals surface area contributed by atoms with E-state index in [2.05, 4.69) is 33.4 Å². The van der Waals surface area contributed by atoms with Crippen molar-refractivity contribution < 1.29 is 5.11 Å². The fourth-order valence-corrected chi connectivity index (χ4v) is 2.32. The van der Waals surface area contributed by atoms with Crippen LogP contribution in [0.5, 0.6) is 0 Å². The number of anilines is 2. The van der Waals surface area contributed by atoms with Crippen molar-refractivity contribution in [2.75, 3.05) is 17.7 Å². The van der Waals surface area contributed by atoms with Crippen molar-refractivity contribution in [2.24, 2.45) is 0 Å². The highest BCUT2D eigenvalue weighted by Gasteiger charge is 2.10. The van der Waals surface area contributed by atoms with E-state index in [4.69, 9.17) is 5.73 Å². The van der Waals surface area contributed by atoms with Crippen molar-refractivity contribution >= 4 is 27.3 Å². The third kappa shape index (κ3) is 3.98. The van der Waals surface area contributed by atoms with Gasteiger partial charge in [-0.15, -0.1) is 0 Å². The first-order valence-electron chi connectivity index (χ1n) is 6.15. The van der Waals surface area contributed by atoms with Gasteiger partial charge >= 0.3 is 0 Å². The minimum Gasteiger partial charge on any atom is -0.397 e. The monoisotopic (exact) mass is 320 g/mol. The normalized spacial score (nSPS) is 12.1. The quantitative estimate of drug-likeness (QED) is 0.742. The second-order valence-electron chi connectivity index (χ2n) is 4.45. The zero-order chi connectivity index (χ0) is 13.7. The first-order valence-corrected chi connectivity index (χ1v) is 6.94. The van der Waals surface area contributed by atoms with E-state index < -0.39 is 0 Å². The van der Waals surface area contributed by atoms with Gasteiger partial charge in [0, 0.05) is 4.47 Å². The molecule has 1 atom stereocenters. The Balaban J connectivity index is 2.06. The summed E-state index contributed by atoms with van der Waals surface area (Å²) in [6.45, 7) is 0.0599. The molecular formula is C15H17BrN2O. The summed E-state index contributed by atoms with van der Waals surface area (Å²) in [6.07, 6.45) is 0.757. The summed E-state index contributed by atoms with van der Waals surface area (Å²) < 4.78 is 0.944. The minimum atomic E-state index is -0.0501. The van der Waals surface area contributed by atoms with Gasteiger partial charge in [0.25, 0.3) is 0 Å². The molecule has 0 bridgehead atoms. The van der Waals surface area contributed by atoms with E-state index in [0.717, 1.165) is 16.6 Å². The van der Waals surface area contributed by atoms with Gasteiger partial charge in [-0.25, -0.2) is 0 Å². The van der Waals surface area contributed by atoms with Crippen LogP contribution in [-0.4, -0.2) is 17.8 Å². The second-order valence-corrected chi connectivity index (χ2v) is 5.36. The Kier molecular flexibility index (Phi) is 4.82. The molecule has 4 N–H and O–H groups in total. The van der Waals surface area contributed by atoms with Gasteiger partial charge in [0.2, 0.25) is 0 Å². The van der Waals surface area contributed by atoms with Crippen molar-refractivity contribution in [1.82, 2.24) is 0 Å². The Morgan fingerprint density at radius 3 is 2.53 bits per heavy atom. The maximum atomic E-state index is 9.48. The molecule has 2 aromatic rings. The molecule has 19 heavy (non-hydrogen) atoms. The molecule has 3 nitrogen and oxygen atoms in total. The number of benzene rings is 2. The number of nitrogens with one attached hydrogen (secondary N) is 1. The van der Waals surface area contributed by atoms with Gasteiger partial charge in [0.15, 0.2) is 0 Å². The summed E-state index contributed by atoms with van der Waals surface area (Å²) in [6, 6.07) is 15.7. The second kappa shape index (κ2) is 6.59. The zero-order valence-electron chi connectivity index (χ0n) is 10.5. The highest BCUT2D eigenvalue weighted by molar-refractivity contribution is 9.10. The minimum absolute atomic E-state index is 0.0501. The first kappa shape index (κ1) is 13.9. The van der Waals surface area contributed by atoms with Crippen molar-refractivity contribution in [3.8, 4) is 0 Å². The number of aliphatic hydroxyl groups excluding tert-OH is 1.